The number of nitrogens with two attached hydrogens (primary N) is 1. The van der Waals surface area contributed by atoms with Crippen LogP contribution in [0.25, 0.3) is 0 Å². The highest BCUT2D eigenvalue weighted by Crippen LogP contribution is 2.56. The molecule has 194 valence electrons. The van der Waals surface area contributed by atoms with Gasteiger partial charge in [0.15, 0.2) is 0 Å². The molecule has 2 fully saturated rings. The largest absolute Gasteiger partial charge is 0.369 e. The van der Waals surface area contributed by atoms with Crippen molar-refractivity contribution >= 4 is 17.9 Å². The molecule has 1 aliphatic carbocycles. The molecule has 2 aromatic rings. The number of benzene rings is 2. The Morgan fingerprint density at radius 1 is 1.03 bits per heavy atom. The second-order valence-corrected chi connectivity index (χ2v) is 11.1. The van der Waals surface area contributed by atoms with Gasteiger partial charge in [-0.1, -0.05) is 83.8 Å². The van der Waals surface area contributed by atoms with Gasteiger partial charge in [-0.3, -0.25) is 4.79 Å². The molecule has 2 aliphatic rings. The summed E-state index contributed by atoms with van der Waals surface area (Å²) >= 11 is 1.70. The lowest BCUT2D eigenvalue weighted by molar-refractivity contribution is -0.132. The molecule has 6 heteroatoms. The Labute approximate surface area is 215 Å². The first-order valence-electron chi connectivity index (χ1n) is 12.9. The van der Waals surface area contributed by atoms with E-state index in [4.69, 9.17) is 5.73 Å². The molecule has 0 aromatic heterocycles. The number of carbonyl (C=O) groups is 1. The zero-order valence-electron chi connectivity index (χ0n) is 22.3. The Morgan fingerprint density at radius 3 is 2.17 bits per heavy atom. The lowest BCUT2D eigenvalue weighted by Crippen LogP contribution is -2.55. The predicted molar refractivity (Wildman–Crippen MR) is 144 cm³/mol. The van der Waals surface area contributed by atoms with Crippen LogP contribution in [0, 0.1) is 17.0 Å². The van der Waals surface area contributed by atoms with E-state index in [0.717, 1.165) is 12.8 Å². The topological polar surface area (TPSA) is 46.3 Å². The van der Waals surface area contributed by atoms with Crippen LogP contribution in [0.2, 0.25) is 0 Å². The van der Waals surface area contributed by atoms with Crippen LogP contribution in [0.4, 0.5) is 8.78 Å². The van der Waals surface area contributed by atoms with Gasteiger partial charge in [-0.25, -0.2) is 13.1 Å². The van der Waals surface area contributed by atoms with E-state index < -0.39 is 23.0 Å². The molecule has 1 saturated carbocycles. The van der Waals surface area contributed by atoms with Crippen LogP contribution in [0.1, 0.15) is 96.1 Å². The van der Waals surface area contributed by atoms with Crippen LogP contribution in [0.15, 0.2) is 42.5 Å². The maximum absolute atomic E-state index is 15.2. The highest BCUT2D eigenvalue weighted by Gasteiger charge is 2.55. The standard InChI is InChI=1S/C25H30F2N2OS.2C2H6/c1-16-9-10-22(17-7-5-4-6-8-17)31-29(16)13-18-11-21(27)19(12-20(18)26)25(23(28)30)14-24(2,3)15-25;2*1-2/h4-8,11-12,16,22H,9-10,13-15H2,1-3H3,(H2,28,30);2*1-2H3/t16-,22?;;/m0../s1. The predicted octanol–water partition coefficient (Wildman–Crippen LogP) is 7.93. The Bertz CT molecular complexity index is 972. The van der Waals surface area contributed by atoms with E-state index in [1.54, 1.807) is 11.9 Å². The van der Waals surface area contributed by atoms with Crippen LogP contribution in [-0.2, 0) is 16.8 Å². The number of rotatable bonds is 5. The van der Waals surface area contributed by atoms with E-state index in [1.807, 2.05) is 59.7 Å². The van der Waals surface area contributed by atoms with Crippen LogP contribution < -0.4 is 5.73 Å². The Hall–Kier alpha value is -1.92. The van der Waals surface area contributed by atoms with Crippen molar-refractivity contribution in [3.05, 3.63) is 70.8 Å². The molecule has 0 bridgehead atoms. The van der Waals surface area contributed by atoms with E-state index >= 15 is 8.78 Å². The number of halogens is 2. The first-order valence-corrected chi connectivity index (χ1v) is 13.7. The zero-order chi connectivity index (χ0) is 26.4. The van der Waals surface area contributed by atoms with Gasteiger partial charge in [0.25, 0.3) is 0 Å². The molecule has 35 heavy (non-hydrogen) atoms. The summed E-state index contributed by atoms with van der Waals surface area (Å²) in [6.45, 7) is 14.5. The van der Waals surface area contributed by atoms with Gasteiger partial charge in [-0.2, -0.15) is 0 Å². The molecular formula is C29H42F2N2OS. The van der Waals surface area contributed by atoms with E-state index in [1.165, 1.54) is 17.7 Å². The average Bonchev–Trinajstić information content (AvgIpc) is 2.83. The van der Waals surface area contributed by atoms with Gasteiger partial charge in [-0.15, -0.1) is 0 Å². The van der Waals surface area contributed by atoms with Gasteiger partial charge in [0.1, 0.15) is 11.6 Å². The number of hydrogen-bond acceptors (Lipinski definition) is 3. The maximum atomic E-state index is 15.2. The first kappa shape index (κ1) is 29.3. The highest BCUT2D eigenvalue weighted by molar-refractivity contribution is 7.97. The second-order valence-electron chi connectivity index (χ2n) is 9.89. The third-order valence-electron chi connectivity index (χ3n) is 6.78. The molecular weight excluding hydrogens is 462 g/mol. The first-order chi connectivity index (χ1) is 16.6. The van der Waals surface area contributed by atoms with E-state index in [-0.39, 0.29) is 17.0 Å². The van der Waals surface area contributed by atoms with Crippen LogP contribution >= 0.6 is 11.9 Å². The summed E-state index contributed by atoms with van der Waals surface area (Å²) in [5.41, 5.74) is 6.08. The molecule has 1 aliphatic heterocycles. The van der Waals surface area contributed by atoms with Crippen molar-refractivity contribution in [2.45, 2.75) is 97.4 Å². The number of primary amides is 1. The fourth-order valence-electron chi connectivity index (χ4n) is 5.27. The average molecular weight is 505 g/mol. The van der Waals surface area contributed by atoms with Gasteiger partial charge < -0.3 is 5.73 Å². The summed E-state index contributed by atoms with van der Waals surface area (Å²) in [6, 6.07) is 13.0. The molecule has 2 aromatic carbocycles. The lowest BCUT2D eigenvalue weighted by atomic mass is 9.51. The molecule has 4 rings (SSSR count). The van der Waals surface area contributed by atoms with Gasteiger partial charge in [0, 0.05) is 29.0 Å². The van der Waals surface area contributed by atoms with Gasteiger partial charge in [0.2, 0.25) is 5.91 Å². The third-order valence-corrected chi connectivity index (χ3v) is 8.30. The van der Waals surface area contributed by atoms with Crippen LogP contribution in [0.3, 0.4) is 0 Å². The fourth-order valence-corrected chi connectivity index (χ4v) is 6.64. The van der Waals surface area contributed by atoms with Crippen molar-refractivity contribution in [1.82, 2.24) is 4.31 Å². The minimum Gasteiger partial charge on any atom is -0.369 e. The van der Waals surface area contributed by atoms with Crippen molar-refractivity contribution in [3.8, 4) is 0 Å². The molecule has 2 N–H and O–H groups in total. The molecule has 0 radical (unpaired) electrons. The number of carbonyl (C=O) groups excluding carboxylic acids is 1. The van der Waals surface area contributed by atoms with Gasteiger partial charge >= 0.3 is 0 Å². The molecule has 1 amide bonds. The van der Waals surface area contributed by atoms with Crippen molar-refractivity contribution < 1.29 is 13.6 Å². The number of hydrogen-bond donors (Lipinski definition) is 1. The smallest absolute Gasteiger partial charge is 0.228 e. The number of amides is 1. The second kappa shape index (κ2) is 12.4. The van der Waals surface area contributed by atoms with Crippen LogP contribution in [-0.4, -0.2) is 16.3 Å². The summed E-state index contributed by atoms with van der Waals surface area (Å²) in [4.78, 5) is 12.2. The Balaban J connectivity index is 0.00000103. The van der Waals surface area contributed by atoms with E-state index in [0.29, 0.717) is 30.2 Å². The summed E-state index contributed by atoms with van der Waals surface area (Å²) in [7, 11) is 0. The zero-order valence-corrected chi connectivity index (χ0v) is 23.1. The van der Waals surface area contributed by atoms with Gasteiger partial charge in [0.05, 0.1) is 5.41 Å². The minimum absolute atomic E-state index is 0.0992. The summed E-state index contributed by atoms with van der Waals surface area (Å²) < 4.78 is 32.4. The molecule has 1 unspecified atom stereocenters. The van der Waals surface area contributed by atoms with Crippen molar-refractivity contribution in [2.24, 2.45) is 11.1 Å². The van der Waals surface area contributed by atoms with E-state index in [2.05, 4.69) is 23.4 Å². The third kappa shape index (κ3) is 6.45. The Kier molecular flexibility index (Phi) is 10.3. The summed E-state index contributed by atoms with van der Waals surface area (Å²) in [5.74, 6) is -1.60. The summed E-state index contributed by atoms with van der Waals surface area (Å²) in [6.07, 6.45) is 2.92. The van der Waals surface area contributed by atoms with Crippen LogP contribution in [0.5, 0.6) is 0 Å². The van der Waals surface area contributed by atoms with Crippen molar-refractivity contribution in [2.75, 3.05) is 0 Å². The molecule has 3 nitrogen and oxygen atoms in total. The maximum Gasteiger partial charge on any atom is 0.228 e. The fraction of sp³-hybridized carbons (Fsp3) is 0.552. The lowest BCUT2D eigenvalue weighted by Gasteiger charge is -2.51. The molecule has 1 saturated heterocycles. The summed E-state index contributed by atoms with van der Waals surface area (Å²) in [5, 5.41) is 0.305. The van der Waals surface area contributed by atoms with Crippen molar-refractivity contribution in [1.29, 1.82) is 0 Å². The van der Waals surface area contributed by atoms with Crippen molar-refractivity contribution in [3.63, 3.8) is 0 Å². The molecule has 1 heterocycles. The molecule has 0 spiro atoms. The monoisotopic (exact) mass is 504 g/mol. The minimum atomic E-state index is -1.11. The SMILES string of the molecule is CC.CC.C[C@H]1CCC(c2ccccc2)SN1Cc1cc(F)c(C2(C(N)=O)CC(C)(C)C2)cc1F. The normalized spacial score (nSPS) is 22.5. The highest BCUT2D eigenvalue weighted by atomic mass is 32.2. The van der Waals surface area contributed by atoms with E-state index in [9.17, 15) is 4.79 Å². The Morgan fingerprint density at radius 2 is 1.63 bits per heavy atom. The number of nitrogens with zero attached hydrogens (tertiary/aromatic N) is 1. The van der Waals surface area contributed by atoms with Gasteiger partial charge in [-0.05, 0) is 55.7 Å². The quantitative estimate of drug-likeness (QED) is 0.421. The molecule has 2 atom stereocenters.